The van der Waals surface area contributed by atoms with Crippen LogP contribution in [-0.4, -0.2) is 42.9 Å². The molecule has 9 nitrogen and oxygen atoms in total. The number of carbonyl (C=O) groups excluding carboxylic acids is 1. The zero-order valence-electron chi connectivity index (χ0n) is 19.0. The van der Waals surface area contributed by atoms with E-state index in [0.29, 0.717) is 41.0 Å². The lowest BCUT2D eigenvalue weighted by molar-refractivity contribution is -0.123. The van der Waals surface area contributed by atoms with E-state index in [9.17, 15) is 4.79 Å². The zero-order valence-corrected chi connectivity index (χ0v) is 19.0. The molecule has 0 saturated heterocycles. The van der Waals surface area contributed by atoms with Crippen molar-refractivity contribution in [1.29, 1.82) is 5.26 Å². The molecule has 0 spiro atoms. The van der Waals surface area contributed by atoms with Crippen LogP contribution in [0.4, 0.5) is 0 Å². The van der Waals surface area contributed by atoms with Crippen LogP contribution in [0.1, 0.15) is 29.9 Å². The molecule has 1 aromatic heterocycles. The average Bonchev–Trinajstić information content (AvgIpc) is 3.26. The molecule has 1 heterocycles. The molecule has 2 aromatic carbocycles. The topological polar surface area (TPSA) is 108 Å². The summed E-state index contributed by atoms with van der Waals surface area (Å²) >= 11 is 0. The molecule has 0 aliphatic rings. The molecule has 1 amide bonds. The van der Waals surface area contributed by atoms with Gasteiger partial charge < -0.3 is 28.8 Å². The van der Waals surface area contributed by atoms with Gasteiger partial charge in [-0.2, -0.15) is 5.26 Å². The molecular weight excluding hydrogens is 424 g/mol. The Bertz CT molecular complexity index is 1130. The second-order valence-electron chi connectivity index (χ2n) is 7.04. The Hall–Kier alpha value is -4.19. The minimum absolute atomic E-state index is 0.256. The number of nitriles is 1. The number of aromatic nitrogens is 2. The normalized spacial score (nSPS) is 11.2. The average molecular weight is 450 g/mol. The van der Waals surface area contributed by atoms with Crippen molar-refractivity contribution in [1.82, 2.24) is 14.9 Å². The Morgan fingerprint density at radius 1 is 1.12 bits per heavy atom. The molecule has 0 aliphatic carbocycles. The molecular formula is C24H26N4O5. The first-order valence-corrected chi connectivity index (χ1v) is 10.3. The highest BCUT2D eigenvalue weighted by Crippen LogP contribution is 2.30. The minimum atomic E-state index is -0.572. The van der Waals surface area contributed by atoms with Crippen LogP contribution < -0.4 is 24.3 Å². The third kappa shape index (κ3) is 5.74. The monoisotopic (exact) mass is 450 g/mol. The van der Waals surface area contributed by atoms with E-state index in [0.717, 1.165) is 5.56 Å². The van der Waals surface area contributed by atoms with Gasteiger partial charge in [0, 0.05) is 31.6 Å². The molecule has 0 saturated carbocycles. The van der Waals surface area contributed by atoms with Crippen LogP contribution >= 0.6 is 0 Å². The molecule has 0 fully saturated rings. The van der Waals surface area contributed by atoms with Crippen molar-refractivity contribution in [2.24, 2.45) is 7.05 Å². The van der Waals surface area contributed by atoms with Crippen molar-refractivity contribution < 1.29 is 23.7 Å². The number of aryl methyl sites for hydroxylation is 1. The van der Waals surface area contributed by atoms with Crippen molar-refractivity contribution in [2.45, 2.75) is 13.0 Å². The summed E-state index contributed by atoms with van der Waals surface area (Å²) in [6.45, 7) is 1.97. The molecule has 0 radical (unpaired) electrons. The number of benzene rings is 2. The maximum absolute atomic E-state index is 12.9. The Kier molecular flexibility index (Phi) is 7.76. The molecule has 0 bridgehead atoms. The number of hydrogen-bond donors (Lipinski definition) is 1. The lowest BCUT2D eigenvalue weighted by Crippen LogP contribution is -2.34. The van der Waals surface area contributed by atoms with Crippen LogP contribution in [0.5, 0.6) is 23.0 Å². The molecule has 1 unspecified atom stereocenters. The van der Waals surface area contributed by atoms with E-state index in [4.69, 9.17) is 24.2 Å². The quantitative estimate of drug-likeness (QED) is 0.506. The van der Waals surface area contributed by atoms with Crippen LogP contribution in [0, 0.1) is 11.3 Å². The van der Waals surface area contributed by atoms with Crippen molar-refractivity contribution >= 4 is 5.91 Å². The summed E-state index contributed by atoms with van der Waals surface area (Å²) in [6, 6.07) is 11.7. The largest absolute Gasteiger partial charge is 0.497 e. The first kappa shape index (κ1) is 23.5. The molecule has 1 N–H and O–H groups in total. The van der Waals surface area contributed by atoms with Crippen molar-refractivity contribution in [3.63, 3.8) is 0 Å². The van der Waals surface area contributed by atoms with Gasteiger partial charge in [0.05, 0.1) is 32.5 Å². The summed E-state index contributed by atoms with van der Waals surface area (Å²) in [7, 11) is 4.98. The summed E-state index contributed by atoms with van der Waals surface area (Å²) in [5, 5.41) is 12.1. The number of carbonyl (C=O) groups is 1. The van der Waals surface area contributed by atoms with Gasteiger partial charge in [0.25, 0.3) is 5.91 Å². The standard InChI is InChI=1S/C24H26N4O5/c1-5-32-21-10-16(14-25)6-7-20(21)33-15-22(29)27-23(24-26-8-9-28(24)2)17-11-18(30-3)13-19(12-17)31-4/h6-13,23H,5,15H2,1-4H3,(H,27,29). The first-order chi connectivity index (χ1) is 16.0. The van der Waals surface area contributed by atoms with E-state index in [1.165, 1.54) is 0 Å². The van der Waals surface area contributed by atoms with Crippen molar-refractivity contribution in [3.8, 4) is 29.1 Å². The highest BCUT2D eigenvalue weighted by molar-refractivity contribution is 5.78. The highest BCUT2D eigenvalue weighted by atomic mass is 16.5. The highest BCUT2D eigenvalue weighted by Gasteiger charge is 2.23. The van der Waals surface area contributed by atoms with Gasteiger partial charge >= 0.3 is 0 Å². The fraction of sp³-hybridized carbons (Fsp3) is 0.292. The fourth-order valence-corrected chi connectivity index (χ4v) is 3.26. The summed E-state index contributed by atoms with van der Waals surface area (Å²) in [6.07, 6.45) is 3.46. The predicted molar refractivity (Wildman–Crippen MR) is 121 cm³/mol. The minimum Gasteiger partial charge on any atom is -0.497 e. The number of amides is 1. The van der Waals surface area contributed by atoms with E-state index in [2.05, 4.69) is 16.4 Å². The Morgan fingerprint density at radius 2 is 1.85 bits per heavy atom. The first-order valence-electron chi connectivity index (χ1n) is 10.3. The van der Waals surface area contributed by atoms with Crippen molar-refractivity contribution in [3.05, 3.63) is 65.7 Å². The van der Waals surface area contributed by atoms with E-state index < -0.39 is 6.04 Å². The number of nitrogens with one attached hydrogen (secondary N) is 1. The van der Waals surface area contributed by atoms with Gasteiger partial charge in [0.2, 0.25) is 0 Å². The maximum atomic E-state index is 12.9. The summed E-state index contributed by atoms with van der Waals surface area (Å²) in [5.41, 5.74) is 1.18. The number of methoxy groups -OCH3 is 2. The molecule has 0 aliphatic heterocycles. The Labute approximate surface area is 192 Å². The second-order valence-corrected chi connectivity index (χ2v) is 7.04. The third-order valence-corrected chi connectivity index (χ3v) is 4.86. The molecule has 3 aromatic rings. The van der Waals surface area contributed by atoms with Crippen molar-refractivity contribution in [2.75, 3.05) is 27.4 Å². The molecule has 9 heteroatoms. The molecule has 33 heavy (non-hydrogen) atoms. The van der Waals surface area contributed by atoms with Crippen LogP contribution in [0.3, 0.4) is 0 Å². The SMILES string of the molecule is CCOc1cc(C#N)ccc1OCC(=O)NC(c1cc(OC)cc(OC)c1)c1nccn1C. The Balaban J connectivity index is 1.83. The second kappa shape index (κ2) is 10.9. The van der Waals surface area contributed by atoms with Gasteiger partial charge in [0.1, 0.15) is 23.4 Å². The van der Waals surface area contributed by atoms with Gasteiger partial charge in [-0.3, -0.25) is 4.79 Å². The number of imidazole rings is 1. The molecule has 172 valence electrons. The van der Waals surface area contributed by atoms with E-state index in [1.54, 1.807) is 50.9 Å². The number of ether oxygens (including phenoxy) is 4. The van der Waals surface area contributed by atoms with E-state index in [-0.39, 0.29) is 12.5 Å². The summed E-state index contributed by atoms with van der Waals surface area (Å²) < 4.78 is 23.8. The number of rotatable bonds is 10. The third-order valence-electron chi connectivity index (χ3n) is 4.86. The molecule has 3 rings (SSSR count). The van der Waals surface area contributed by atoms with Gasteiger partial charge in [-0.05, 0) is 36.8 Å². The molecule has 1 atom stereocenters. The maximum Gasteiger partial charge on any atom is 0.258 e. The smallest absolute Gasteiger partial charge is 0.258 e. The van der Waals surface area contributed by atoms with Crippen LogP contribution in [0.2, 0.25) is 0 Å². The lowest BCUT2D eigenvalue weighted by atomic mass is 10.0. The zero-order chi connectivity index (χ0) is 23.8. The van der Waals surface area contributed by atoms with Gasteiger partial charge in [-0.25, -0.2) is 4.98 Å². The number of hydrogen-bond acceptors (Lipinski definition) is 7. The van der Waals surface area contributed by atoms with Gasteiger partial charge in [0.15, 0.2) is 18.1 Å². The predicted octanol–water partition coefficient (Wildman–Crippen LogP) is 2.99. The van der Waals surface area contributed by atoms with Crippen LogP contribution in [0.25, 0.3) is 0 Å². The summed E-state index contributed by atoms with van der Waals surface area (Å²) in [4.78, 5) is 17.3. The Morgan fingerprint density at radius 3 is 2.42 bits per heavy atom. The van der Waals surface area contributed by atoms with E-state index in [1.807, 2.05) is 30.7 Å². The van der Waals surface area contributed by atoms with Crippen LogP contribution in [0.15, 0.2) is 48.8 Å². The lowest BCUT2D eigenvalue weighted by Gasteiger charge is -2.21. The van der Waals surface area contributed by atoms with Gasteiger partial charge in [-0.1, -0.05) is 0 Å². The van der Waals surface area contributed by atoms with Crippen LogP contribution in [-0.2, 0) is 11.8 Å². The fourth-order valence-electron chi connectivity index (χ4n) is 3.26. The number of nitrogens with zero attached hydrogens (tertiary/aromatic N) is 3. The van der Waals surface area contributed by atoms with E-state index >= 15 is 0 Å². The summed E-state index contributed by atoms with van der Waals surface area (Å²) in [5.74, 6) is 2.23. The van der Waals surface area contributed by atoms with Gasteiger partial charge in [-0.15, -0.1) is 0 Å².